The number of hydrogen-bond donors (Lipinski definition) is 2. The van der Waals surface area contributed by atoms with Gasteiger partial charge in [-0.25, -0.2) is 4.79 Å². The molecule has 3 heteroatoms. The SMILES string of the molecule is CCc1cccc(C(O)C(=O)O)c1CC. The number of carboxylic acid groups (broad SMARTS) is 1. The van der Waals surface area contributed by atoms with Gasteiger partial charge in [-0.05, 0) is 29.5 Å². The van der Waals surface area contributed by atoms with Gasteiger partial charge in [-0.1, -0.05) is 32.0 Å². The third-order valence-corrected chi connectivity index (χ3v) is 2.57. The number of carbonyl (C=O) groups is 1. The van der Waals surface area contributed by atoms with Gasteiger partial charge in [0.1, 0.15) is 0 Å². The van der Waals surface area contributed by atoms with Crippen LogP contribution in [0.3, 0.4) is 0 Å². The number of hydrogen-bond acceptors (Lipinski definition) is 2. The van der Waals surface area contributed by atoms with E-state index in [4.69, 9.17) is 5.11 Å². The standard InChI is InChI=1S/C12H16O3/c1-3-8-6-5-7-10(9(8)4-2)11(13)12(14)15/h5-7,11,13H,3-4H2,1-2H3,(H,14,15). The predicted octanol–water partition coefficient (Wildman–Crippen LogP) is 1.93. The van der Waals surface area contributed by atoms with Crippen LogP contribution in [-0.2, 0) is 17.6 Å². The van der Waals surface area contributed by atoms with E-state index in [0.717, 1.165) is 24.0 Å². The van der Waals surface area contributed by atoms with Crippen LogP contribution in [0.1, 0.15) is 36.6 Å². The largest absolute Gasteiger partial charge is 0.479 e. The Morgan fingerprint density at radius 2 is 2.00 bits per heavy atom. The Morgan fingerprint density at radius 1 is 1.33 bits per heavy atom. The molecule has 15 heavy (non-hydrogen) atoms. The highest BCUT2D eigenvalue weighted by atomic mass is 16.4. The fraction of sp³-hybridized carbons (Fsp3) is 0.417. The Morgan fingerprint density at radius 3 is 2.47 bits per heavy atom. The van der Waals surface area contributed by atoms with Crippen LogP contribution in [-0.4, -0.2) is 16.2 Å². The van der Waals surface area contributed by atoms with Gasteiger partial charge in [-0.3, -0.25) is 0 Å². The van der Waals surface area contributed by atoms with Crippen LogP contribution in [0.25, 0.3) is 0 Å². The second-order valence-corrected chi connectivity index (χ2v) is 3.43. The lowest BCUT2D eigenvalue weighted by Crippen LogP contribution is -2.13. The minimum atomic E-state index is -1.41. The summed E-state index contributed by atoms with van der Waals surface area (Å²) in [4.78, 5) is 10.7. The lowest BCUT2D eigenvalue weighted by atomic mass is 9.94. The van der Waals surface area contributed by atoms with Crippen molar-refractivity contribution in [1.82, 2.24) is 0 Å². The first-order chi connectivity index (χ1) is 7.11. The van der Waals surface area contributed by atoms with Crippen LogP contribution in [0.2, 0.25) is 0 Å². The highest BCUT2D eigenvalue weighted by molar-refractivity contribution is 5.74. The van der Waals surface area contributed by atoms with Crippen molar-refractivity contribution in [3.8, 4) is 0 Å². The van der Waals surface area contributed by atoms with Crippen molar-refractivity contribution < 1.29 is 15.0 Å². The highest BCUT2D eigenvalue weighted by Crippen LogP contribution is 2.22. The molecule has 0 aliphatic carbocycles. The molecular formula is C12H16O3. The van der Waals surface area contributed by atoms with Crippen molar-refractivity contribution in [2.75, 3.05) is 0 Å². The Balaban J connectivity index is 3.22. The van der Waals surface area contributed by atoms with Gasteiger partial charge < -0.3 is 10.2 Å². The van der Waals surface area contributed by atoms with Crippen LogP contribution >= 0.6 is 0 Å². The molecule has 3 nitrogen and oxygen atoms in total. The second-order valence-electron chi connectivity index (χ2n) is 3.43. The Bertz CT molecular complexity index is 358. The fourth-order valence-electron chi connectivity index (χ4n) is 1.81. The van der Waals surface area contributed by atoms with Gasteiger partial charge in [0.15, 0.2) is 6.10 Å². The van der Waals surface area contributed by atoms with Crippen molar-refractivity contribution in [3.05, 3.63) is 34.9 Å². The van der Waals surface area contributed by atoms with Crippen molar-refractivity contribution in [3.63, 3.8) is 0 Å². The first-order valence-electron chi connectivity index (χ1n) is 5.13. The molecule has 0 aliphatic rings. The van der Waals surface area contributed by atoms with E-state index in [2.05, 4.69) is 0 Å². The molecule has 0 heterocycles. The molecule has 1 aromatic carbocycles. The number of benzene rings is 1. The van der Waals surface area contributed by atoms with Crippen LogP contribution < -0.4 is 0 Å². The lowest BCUT2D eigenvalue weighted by Gasteiger charge is -2.14. The van der Waals surface area contributed by atoms with E-state index in [-0.39, 0.29) is 0 Å². The van der Waals surface area contributed by atoms with Gasteiger partial charge in [0.05, 0.1) is 0 Å². The summed E-state index contributed by atoms with van der Waals surface area (Å²) in [5.74, 6) is -1.20. The normalized spacial score (nSPS) is 12.5. The van der Waals surface area contributed by atoms with E-state index < -0.39 is 12.1 Å². The Labute approximate surface area is 89.4 Å². The highest BCUT2D eigenvalue weighted by Gasteiger charge is 2.19. The minimum Gasteiger partial charge on any atom is -0.479 e. The van der Waals surface area contributed by atoms with Gasteiger partial charge >= 0.3 is 5.97 Å². The molecule has 1 unspecified atom stereocenters. The molecule has 0 spiro atoms. The molecule has 2 N–H and O–H groups in total. The van der Waals surface area contributed by atoms with Crippen LogP contribution in [0.15, 0.2) is 18.2 Å². The summed E-state index contributed by atoms with van der Waals surface area (Å²) >= 11 is 0. The fourth-order valence-corrected chi connectivity index (χ4v) is 1.81. The Kier molecular flexibility index (Phi) is 3.86. The smallest absolute Gasteiger partial charge is 0.337 e. The van der Waals surface area contributed by atoms with E-state index in [1.54, 1.807) is 12.1 Å². The topological polar surface area (TPSA) is 57.5 Å². The average Bonchev–Trinajstić information content (AvgIpc) is 2.26. The summed E-state index contributed by atoms with van der Waals surface area (Å²) in [6, 6.07) is 5.44. The number of aliphatic carboxylic acids is 1. The molecule has 0 fully saturated rings. The van der Waals surface area contributed by atoms with Crippen LogP contribution in [0, 0.1) is 0 Å². The maximum Gasteiger partial charge on any atom is 0.337 e. The van der Waals surface area contributed by atoms with Crippen molar-refractivity contribution in [2.24, 2.45) is 0 Å². The molecule has 1 atom stereocenters. The summed E-state index contributed by atoms with van der Waals surface area (Å²) in [6.45, 7) is 3.98. The molecule has 82 valence electrons. The van der Waals surface area contributed by atoms with Crippen LogP contribution in [0.4, 0.5) is 0 Å². The quantitative estimate of drug-likeness (QED) is 0.794. The number of aliphatic hydroxyl groups is 1. The molecule has 1 rings (SSSR count). The third kappa shape index (κ3) is 2.36. The van der Waals surface area contributed by atoms with Crippen LogP contribution in [0.5, 0.6) is 0 Å². The lowest BCUT2D eigenvalue weighted by molar-refractivity contribution is -0.147. The first-order valence-corrected chi connectivity index (χ1v) is 5.13. The summed E-state index contributed by atoms with van der Waals surface area (Å²) in [5.41, 5.74) is 2.58. The molecular weight excluding hydrogens is 192 g/mol. The number of carboxylic acids is 1. The monoisotopic (exact) mass is 208 g/mol. The van der Waals surface area contributed by atoms with Gasteiger partial charge in [0.2, 0.25) is 0 Å². The van der Waals surface area contributed by atoms with Gasteiger partial charge in [-0.2, -0.15) is 0 Å². The molecule has 0 saturated carbocycles. The van der Waals surface area contributed by atoms with E-state index in [0.29, 0.717) is 5.56 Å². The summed E-state index contributed by atoms with van der Waals surface area (Å²) < 4.78 is 0. The zero-order chi connectivity index (χ0) is 11.4. The van der Waals surface area contributed by atoms with Crippen molar-refractivity contribution in [2.45, 2.75) is 32.8 Å². The van der Waals surface area contributed by atoms with E-state index in [9.17, 15) is 9.90 Å². The molecule has 0 bridgehead atoms. The van der Waals surface area contributed by atoms with Gasteiger partial charge in [-0.15, -0.1) is 0 Å². The van der Waals surface area contributed by atoms with Crippen molar-refractivity contribution in [1.29, 1.82) is 0 Å². The molecule has 0 amide bonds. The zero-order valence-electron chi connectivity index (χ0n) is 9.03. The second kappa shape index (κ2) is 4.94. The van der Waals surface area contributed by atoms with E-state index in [1.165, 1.54) is 0 Å². The number of aliphatic hydroxyl groups excluding tert-OH is 1. The molecule has 0 saturated heterocycles. The van der Waals surface area contributed by atoms with Gasteiger partial charge in [0, 0.05) is 0 Å². The Hall–Kier alpha value is -1.35. The van der Waals surface area contributed by atoms with E-state index >= 15 is 0 Å². The van der Waals surface area contributed by atoms with Gasteiger partial charge in [0.25, 0.3) is 0 Å². The maximum absolute atomic E-state index is 10.7. The summed E-state index contributed by atoms with van der Waals surface area (Å²) in [7, 11) is 0. The van der Waals surface area contributed by atoms with E-state index in [1.807, 2.05) is 19.9 Å². The number of rotatable bonds is 4. The third-order valence-electron chi connectivity index (χ3n) is 2.57. The molecule has 0 radical (unpaired) electrons. The predicted molar refractivity (Wildman–Crippen MR) is 57.8 cm³/mol. The van der Waals surface area contributed by atoms with Crippen molar-refractivity contribution >= 4 is 5.97 Å². The molecule has 1 aromatic rings. The first kappa shape index (κ1) is 11.7. The minimum absolute atomic E-state index is 0.518. The summed E-state index contributed by atoms with van der Waals surface area (Å²) in [5, 5.41) is 18.3. The maximum atomic E-state index is 10.7. The molecule has 0 aliphatic heterocycles. The molecule has 0 aromatic heterocycles. The zero-order valence-corrected chi connectivity index (χ0v) is 9.03. The average molecular weight is 208 g/mol. The summed E-state index contributed by atoms with van der Waals surface area (Å²) in [6.07, 6.45) is 0.180. The number of aryl methyl sites for hydroxylation is 1.